The van der Waals surface area contributed by atoms with Crippen LogP contribution in [-0.2, 0) is 16.2 Å². The van der Waals surface area contributed by atoms with Gasteiger partial charge in [0.2, 0.25) is 10.0 Å². The maximum atomic E-state index is 12.9. The van der Waals surface area contributed by atoms with Crippen molar-refractivity contribution in [2.75, 3.05) is 6.54 Å². The smallest absolute Gasteiger partial charge is 0.324 e. The minimum atomic E-state index is -4.83. The zero-order valence-corrected chi connectivity index (χ0v) is 13.6. The summed E-state index contributed by atoms with van der Waals surface area (Å²) < 4.78 is 64.5. The number of nitrogens with two attached hydrogens (primary N) is 1. The quantitative estimate of drug-likeness (QED) is 0.860. The second-order valence-electron chi connectivity index (χ2n) is 4.95. The van der Waals surface area contributed by atoms with E-state index in [0.29, 0.717) is 6.07 Å². The fourth-order valence-electron chi connectivity index (χ4n) is 1.32. The molecule has 0 atom stereocenters. The molecule has 21 heavy (non-hydrogen) atoms. The Bertz CT molecular complexity index is 598. The van der Waals surface area contributed by atoms with E-state index in [1.807, 2.05) is 0 Å². The normalized spacial score (nSPS) is 12.9. The first kappa shape index (κ1) is 20.5. The van der Waals surface area contributed by atoms with Crippen LogP contribution in [0.2, 0.25) is 5.02 Å². The number of halogens is 5. The van der Waals surface area contributed by atoms with E-state index in [9.17, 15) is 21.6 Å². The van der Waals surface area contributed by atoms with Crippen LogP contribution in [0.3, 0.4) is 0 Å². The van der Waals surface area contributed by atoms with E-state index < -0.39 is 32.2 Å². The molecule has 0 amide bonds. The Hall–Kier alpha value is -0.540. The highest BCUT2D eigenvalue weighted by atomic mass is 35.5. The molecule has 4 nitrogen and oxygen atoms in total. The molecule has 122 valence electrons. The van der Waals surface area contributed by atoms with E-state index in [1.54, 1.807) is 13.8 Å². The summed E-state index contributed by atoms with van der Waals surface area (Å²) in [6, 6.07) is 2.47. The molecule has 1 aromatic carbocycles. The van der Waals surface area contributed by atoms with E-state index in [1.165, 1.54) is 0 Å². The first-order valence-corrected chi connectivity index (χ1v) is 7.34. The number of alkyl halides is 3. The van der Waals surface area contributed by atoms with Crippen molar-refractivity contribution in [1.82, 2.24) is 4.72 Å². The molecule has 0 aliphatic heterocycles. The predicted molar refractivity (Wildman–Crippen MR) is 77.2 cm³/mol. The van der Waals surface area contributed by atoms with Crippen molar-refractivity contribution >= 4 is 34.0 Å². The summed E-state index contributed by atoms with van der Waals surface area (Å²) in [5.41, 5.74) is 3.39. The third kappa shape index (κ3) is 5.99. The minimum absolute atomic E-state index is 0. The lowest BCUT2D eigenvalue weighted by Gasteiger charge is -2.20. The van der Waals surface area contributed by atoms with Crippen molar-refractivity contribution in [2.45, 2.75) is 30.5 Å². The zero-order chi connectivity index (χ0) is 15.8. The average Bonchev–Trinajstić information content (AvgIpc) is 2.24. The number of benzene rings is 1. The molecule has 0 spiro atoms. The number of hydrogen-bond acceptors (Lipinski definition) is 3. The van der Waals surface area contributed by atoms with Crippen LogP contribution >= 0.6 is 24.0 Å². The van der Waals surface area contributed by atoms with Crippen LogP contribution in [0.15, 0.2) is 23.1 Å². The molecule has 10 heteroatoms. The summed E-state index contributed by atoms with van der Waals surface area (Å²) in [6.45, 7) is 2.89. The zero-order valence-electron chi connectivity index (χ0n) is 11.2. The van der Waals surface area contributed by atoms with E-state index in [2.05, 4.69) is 4.72 Å². The van der Waals surface area contributed by atoms with Crippen LogP contribution in [0.4, 0.5) is 13.2 Å². The molecule has 0 fully saturated rings. The number of nitrogens with one attached hydrogen (secondary N) is 1. The van der Waals surface area contributed by atoms with Gasteiger partial charge in [0, 0.05) is 17.1 Å². The van der Waals surface area contributed by atoms with Crippen LogP contribution in [0.5, 0.6) is 0 Å². The fourth-order valence-corrected chi connectivity index (χ4v) is 2.92. The molecule has 1 rings (SSSR count). The van der Waals surface area contributed by atoms with Gasteiger partial charge in [0.25, 0.3) is 0 Å². The van der Waals surface area contributed by atoms with Crippen LogP contribution in [0, 0.1) is 0 Å². The van der Waals surface area contributed by atoms with E-state index in [0.717, 1.165) is 12.1 Å². The van der Waals surface area contributed by atoms with Crippen molar-refractivity contribution in [1.29, 1.82) is 0 Å². The molecular formula is C11H15Cl2F3N2O2S. The second-order valence-corrected chi connectivity index (χ2v) is 7.12. The van der Waals surface area contributed by atoms with Crippen molar-refractivity contribution in [3.05, 3.63) is 28.8 Å². The third-order valence-electron chi connectivity index (χ3n) is 2.25. The Morgan fingerprint density at radius 2 is 1.81 bits per heavy atom. The Kier molecular flexibility index (Phi) is 6.53. The summed E-state index contributed by atoms with van der Waals surface area (Å²) in [5.74, 6) is 0. The number of sulfonamides is 1. The second kappa shape index (κ2) is 6.70. The van der Waals surface area contributed by atoms with E-state index in [-0.39, 0.29) is 24.0 Å². The van der Waals surface area contributed by atoms with Crippen LogP contribution in [0.25, 0.3) is 0 Å². The Morgan fingerprint density at radius 3 is 2.24 bits per heavy atom. The first-order valence-electron chi connectivity index (χ1n) is 5.48. The fraction of sp³-hybridized carbons (Fsp3) is 0.455. The molecule has 3 N–H and O–H groups in total. The molecule has 0 aromatic heterocycles. The number of rotatable bonds is 4. The molecular weight excluding hydrogens is 352 g/mol. The largest absolute Gasteiger partial charge is 0.417 e. The van der Waals surface area contributed by atoms with Gasteiger partial charge in [-0.05, 0) is 32.0 Å². The lowest BCUT2D eigenvalue weighted by atomic mass is 10.1. The molecule has 0 radical (unpaired) electrons. The highest BCUT2D eigenvalue weighted by Gasteiger charge is 2.37. The standard InChI is InChI=1S/C11H14ClF3N2O2S.ClH/c1-10(2,16)6-17-20(18,19)9-4-3-7(12)5-8(9)11(13,14)15;/h3-5,17H,6,16H2,1-2H3;1H. The van der Waals surface area contributed by atoms with Crippen molar-refractivity contribution in [2.24, 2.45) is 5.73 Å². The van der Waals surface area contributed by atoms with Crippen LogP contribution < -0.4 is 10.5 Å². The van der Waals surface area contributed by atoms with Gasteiger partial charge in [0.15, 0.2) is 0 Å². The van der Waals surface area contributed by atoms with Crippen LogP contribution in [-0.4, -0.2) is 20.5 Å². The maximum absolute atomic E-state index is 12.9. The molecule has 0 saturated heterocycles. The third-order valence-corrected chi connectivity index (χ3v) is 3.95. The van der Waals surface area contributed by atoms with Gasteiger partial charge in [-0.25, -0.2) is 13.1 Å². The lowest BCUT2D eigenvalue weighted by molar-refractivity contribution is -0.139. The Morgan fingerprint density at radius 1 is 1.29 bits per heavy atom. The first-order chi connectivity index (χ1) is 8.83. The highest BCUT2D eigenvalue weighted by molar-refractivity contribution is 7.89. The summed E-state index contributed by atoms with van der Waals surface area (Å²) in [4.78, 5) is -0.876. The summed E-state index contributed by atoms with van der Waals surface area (Å²) in [6.07, 6.45) is -4.83. The van der Waals surface area contributed by atoms with E-state index >= 15 is 0 Å². The van der Waals surface area contributed by atoms with Gasteiger partial charge in [0.05, 0.1) is 10.5 Å². The topological polar surface area (TPSA) is 72.2 Å². The van der Waals surface area contributed by atoms with Gasteiger partial charge in [-0.2, -0.15) is 13.2 Å². The molecule has 0 aliphatic rings. The van der Waals surface area contributed by atoms with Gasteiger partial charge in [0.1, 0.15) is 0 Å². The molecule has 0 saturated carbocycles. The van der Waals surface area contributed by atoms with E-state index in [4.69, 9.17) is 17.3 Å². The van der Waals surface area contributed by atoms with Gasteiger partial charge >= 0.3 is 6.18 Å². The van der Waals surface area contributed by atoms with Crippen molar-refractivity contribution in [3.63, 3.8) is 0 Å². The molecule has 0 heterocycles. The average molecular weight is 367 g/mol. The number of hydrogen-bond donors (Lipinski definition) is 2. The van der Waals surface area contributed by atoms with Gasteiger partial charge < -0.3 is 5.73 Å². The predicted octanol–water partition coefficient (Wildman–Crippen LogP) is 2.80. The van der Waals surface area contributed by atoms with Crippen molar-refractivity contribution in [3.8, 4) is 0 Å². The highest BCUT2D eigenvalue weighted by Crippen LogP contribution is 2.35. The van der Waals surface area contributed by atoms with Crippen molar-refractivity contribution < 1.29 is 21.6 Å². The Balaban J connectivity index is 0.00000400. The van der Waals surface area contributed by atoms with Gasteiger partial charge in [-0.15, -0.1) is 12.4 Å². The molecule has 0 unspecified atom stereocenters. The lowest BCUT2D eigenvalue weighted by Crippen LogP contribution is -2.45. The maximum Gasteiger partial charge on any atom is 0.417 e. The summed E-state index contributed by atoms with van der Waals surface area (Å²) in [5, 5.41) is -0.199. The monoisotopic (exact) mass is 366 g/mol. The molecule has 1 aromatic rings. The molecule has 0 bridgehead atoms. The van der Waals surface area contributed by atoms with Crippen LogP contribution in [0.1, 0.15) is 19.4 Å². The SMILES string of the molecule is CC(C)(N)CNS(=O)(=O)c1ccc(Cl)cc1C(F)(F)F.Cl. The Labute approximate surface area is 132 Å². The van der Waals surface area contributed by atoms with Gasteiger partial charge in [-0.1, -0.05) is 11.6 Å². The summed E-state index contributed by atoms with van der Waals surface area (Å²) >= 11 is 5.49. The van der Waals surface area contributed by atoms with Gasteiger partial charge in [-0.3, -0.25) is 0 Å². The summed E-state index contributed by atoms with van der Waals surface area (Å²) in [7, 11) is -4.33. The minimum Gasteiger partial charge on any atom is -0.324 e. The molecule has 0 aliphatic carbocycles.